The van der Waals surface area contributed by atoms with E-state index in [1.807, 2.05) is 17.5 Å². The quantitative estimate of drug-likeness (QED) is 0.575. The summed E-state index contributed by atoms with van der Waals surface area (Å²) >= 11 is 1.47. The molecule has 0 aliphatic rings. The van der Waals surface area contributed by atoms with Gasteiger partial charge in [-0.1, -0.05) is 12.0 Å². The van der Waals surface area contributed by atoms with E-state index in [2.05, 4.69) is 10.6 Å². The van der Waals surface area contributed by atoms with E-state index in [4.69, 9.17) is 10.8 Å². The van der Waals surface area contributed by atoms with Crippen LogP contribution in [0.15, 0.2) is 69.5 Å². The summed E-state index contributed by atoms with van der Waals surface area (Å²) in [5.41, 5.74) is 0.346. The van der Waals surface area contributed by atoms with E-state index in [-0.39, 0.29) is 30.4 Å². The Labute approximate surface area is 167 Å². The van der Waals surface area contributed by atoms with Gasteiger partial charge < -0.3 is 9.32 Å². The first-order valence-corrected chi connectivity index (χ1v) is 10.7. The second-order valence-corrected chi connectivity index (χ2v) is 8.67. The van der Waals surface area contributed by atoms with E-state index in [1.54, 1.807) is 12.1 Å². The zero-order chi connectivity index (χ0) is 20.0. The molecule has 3 rings (SSSR count). The van der Waals surface area contributed by atoms with Gasteiger partial charge in [0, 0.05) is 17.0 Å². The van der Waals surface area contributed by atoms with Crippen LogP contribution < -0.4 is 4.72 Å². The minimum absolute atomic E-state index is 0.0927. The highest BCUT2D eigenvalue weighted by molar-refractivity contribution is 7.89. The van der Waals surface area contributed by atoms with Gasteiger partial charge >= 0.3 is 0 Å². The topological polar surface area (TPSA) is 79.6 Å². The molecule has 0 aliphatic carbocycles. The predicted molar refractivity (Wildman–Crippen MR) is 107 cm³/mol. The van der Waals surface area contributed by atoms with Gasteiger partial charge in [0.25, 0.3) is 5.91 Å². The van der Waals surface area contributed by atoms with Crippen molar-refractivity contribution < 1.29 is 17.6 Å². The molecule has 6 nitrogen and oxygen atoms in total. The van der Waals surface area contributed by atoms with E-state index >= 15 is 0 Å². The van der Waals surface area contributed by atoms with Crippen molar-refractivity contribution in [3.05, 3.63) is 76.4 Å². The molecular formula is C20H18N2O4S2. The average Bonchev–Trinajstić information content (AvgIpc) is 3.40. The first-order valence-electron chi connectivity index (χ1n) is 8.37. The number of hydrogen-bond donors (Lipinski definition) is 1. The first kappa shape index (κ1) is 19.9. The smallest absolute Gasteiger partial charge is 0.255 e. The number of thiophene rings is 1. The van der Waals surface area contributed by atoms with Crippen molar-refractivity contribution in [2.75, 3.05) is 6.54 Å². The summed E-state index contributed by atoms with van der Waals surface area (Å²) in [7, 11) is -3.67. The molecule has 0 aliphatic heterocycles. The Hall–Kier alpha value is -2.86. The summed E-state index contributed by atoms with van der Waals surface area (Å²) in [6.07, 6.45) is 6.89. The SMILES string of the molecule is C#CCN(Cc1ccco1)C(=O)c1ccc(S(=O)(=O)NCc2cccs2)cc1. The maximum absolute atomic E-state index is 12.7. The van der Waals surface area contributed by atoms with Crippen LogP contribution in [-0.2, 0) is 23.1 Å². The van der Waals surface area contributed by atoms with Crippen LogP contribution in [0.3, 0.4) is 0 Å². The molecule has 2 heterocycles. The third kappa shape index (κ3) is 4.89. The number of sulfonamides is 1. The lowest BCUT2D eigenvalue weighted by atomic mass is 10.2. The van der Waals surface area contributed by atoms with Crippen molar-refractivity contribution in [3.63, 3.8) is 0 Å². The summed E-state index contributed by atoms with van der Waals surface area (Å²) in [5.74, 6) is 2.77. The van der Waals surface area contributed by atoms with E-state index < -0.39 is 10.0 Å². The number of carbonyl (C=O) groups excluding carboxylic acids is 1. The largest absolute Gasteiger partial charge is 0.467 e. The molecule has 1 N–H and O–H groups in total. The second kappa shape index (κ2) is 8.89. The summed E-state index contributed by atoms with van der Waals surface area (Å²) in [6, 6.07) is 13.0. The van der Waals surface area contributed by atoms with Crippen LogP contribution in [0.4, 0.5) is 0 Å². The number of furan rings is 1. The van der Waals surface area contributed by atoms with Gasteiger partial charge in [0.2, 0.25) is 10.0 Å². The van der Waals surface area contributed by atoms with Crippen molar-refractivity contribution in [2.45, 2.75) is 18.0 Å². The number of hydrogen-bond acceptors (Lipinski definition) is 5. The lowest BCUT2D eigenvalue weighted by Gasteiger charge is -2.19. The number of benzene rings is 1. The summed E-state index contributed by atoms with van der Waals surface area (Å²) in [4.78, 5) is 15.2. The third-order valence-electron chi connectivity index (χ3n) is 3.92. The molecule has 8 heteroatoms. The van der Waals surface area contributed by atoms with Crippen LogP contribution in [0.2, 0.25) is 0 Å². The molecule has 3 aromatic rings. The van der Waals surface area contributed by atoms with Gasteiger partial charge in [0.1, 0.15) is 5.76 Å². The molecule has 1 amide bonds. The van der Waals surface area contributed by atoms with Gasteiger partial charge in [-0.3, -0.25) is 4.79 Å². The van der Waals surface area contributed by atoms with E-state index in [0.717, 1.165) is 4.88 Å². The Balaban J connectivity index is 1.71. The average molecular weight is 415 g/mol. The second-order valence-electron chi connectivity index (χ2n) is 5.87. The van der Waals surface area contributed by atoms with E-state index in [1.165, 1.54) is 46.8 Å². The number of amides is 1. The molecule has 0 bridgehead atoms. The summed E-state index contributed by atoms with van der Waals surface area (Å²) in [6.45, 7) is 0.570. The monoisotopic (exact) mass is 414 g/mol. The maximum atomic E-state index is 12.7. The number of nitrogens with zero attached hydrogens (tertiary/aromatic N) is 1. The fraction of sp³-hybridized carbons (Fsp3) is 0.150. The van der Waals surface area contributed by atoms with Gasteiger partial charge in [0.15, 0.2) is 0 Å². The highest BCUT2D eigenvalue weighted by Crippen LogP contribution is 2.15. The van der Waals surface area contributed by atoms with Crippen molar-refractivity contribution in [3.8, 4) is 12.3 Å². The molecule has 28 heavy (non-hydrogen) atoms. The molecule has 0 saturated carbocycles. The van der Waals surface area contributed by atoms with Crippen molar-refractivity contribution in [1.29, 1.82) is 0 Å². The molecule has 0 atom stereocenters. The lowest BCUT2D eigenvalue weighted by Crippen LogP contribution is -2.31. The molecule has 0 spiro atoms. The van der Waals surface area contributed by atoms with Crippen LogP contribution in [0.1, 0.15) is 21.0 Å². The summed E-state index contributed by atoms with van der Waals surface area (Å²) < 4.78 is 32.6. The van der Waals surface area contributed by atoms with Crippen molar-refractivity contribution in [2.24, 2.45) is 0 Å². The number of carbonyl (C=O) groups is 1. The predicted octanol–water partition coefficient (Wildman–Crippen LogP) is 3.10. The van der Waals surface area contributed by atoms with E-state index in [0.29, 0.717) is 11.3 Å². The Morgan fingerprint density at radius 2 is 1.96 bits per heavy atom. The molecule has 1 aromatic carbocycles. The Bertz CT molecular complexity index is 1050. The lowest BCUT2D eigenvalue weighted by molar-refractivity contribution is 0.0755. The van der Waals surface area contributed by atoms with Gasteiger partial charge in [-0.15, -0.1) is 17.8 Å². The first-order chi connectivity index (χ1) is 13.5. The minimum atomic E-state index is -3.67. The minimum Gasteiger partial charge on any atom is -0.467 e. The summed E-state index contributed by atoms with van der Waals surface area (Å²) in [5, 5.41) is 1.88. The zero-order valence-electron chi connectivity index (χ0n) is 14.9. The normalized spacial score (nSPS) is 11.1. The fourth-order valence-electron chi connectivity index (χ4n) is 2.52. The molecular weight excluding hydrogens is 396 g/mol. The standard InChI is InChI=1S/C20H18N2O4S2/c1-2-11-22(15-17-5-3-12-26-17)20(23)16-7-9-19(10-8-16)28(24,25)21-14-18-6-4-13-27-18/h1,3-10,12-13,21H,11,14-15H2. The van der Waals surface area contributed by atoms with Gasteiger partial charge in [-0.05, 0) is 47.8 Å². The highest BCUT2D eigenvalue weighted by Gasteiger charge is 2.19. The molecule has 0 radical (unpaired) electrons. The third-order valence-corrected chi connectivity index (χ3v) is 6.22. The van der Waals surface area contributed by atoms with Crippen LogP contribution in [0.5, 0.6) is 0 Å². The highest BCUT2D eigenvalue weighted by atomic mass is 32.2. The van der Waals surface area contributed by atoms with Gasteiger partial charge in [0.05, 0.1) is 24.2 Å². The van der Waals surface area contributed by atoms with Gasteiger partial charge in [-0.25, -0.2) is 13.1 Å². The van der Waals surface area contributed by atoms with Crippen molar-refractivity contribution in [1.82, 2.24) is 9.62 Å². The molecule has 0 unspecified atom stereocenters. The molecule has 0 saturated heterocycles. The number of terminal acetylenes is 1. The fourth-order valence-corrected chi connectivity index (χ4v) is 4.26. The van der Waals surface area contributed by atoms with Crippen molar-refractivity contribution >= 4 is 27.3 Å². The van der Waals surface area contributed by atoms with Crippen LogP contribution in [-0.4, -0.2) is 25.8 Å². The van der Waals surface area contributed by atoms with Crippen LogP contribution >= 0.6 is 11.3 Å². The number of rotatable bonds is 8. The molecule has 2 aromatic heterocycles. The van der Waals surface area contributed by atoms with Gasteiger partial charge in [-0.2, -0.15) is 0 Å². The number of nitrogens with one attached hydrogen (secondary N) is 1. The Kier molecular flexibility index (Phi) is 6.31. The molecule has 144 valence electrons. The maximum Gasteiger partial charge on any atom is 0.255 e. The Morgan fingerprint density at radius 1 is 1.18 bits per heavy atom. The van der Waals surface area contributed by atoms with E-state index in [9.17, 15) is 13.2 Å². The molecule has 0 fully saturated rings. The zero-order valence-corrected chi connectivity index (χ0v) is 16.5. The Morgan fingerprint density at radius 3 is 2.57 bits per heavy atom. The van der Waals surface area contributed by atoms with Crippen LogP contribution in [0, 0.1) is 12.3 Å². The van der Waals surface area contributed by atoms with Crippen LogP contribution in [0.25, 0.3) is 0 Å².